The second kappa shape index (κ2) is 10.6. The van der Waals surface area contributed by atoms with Gasteiger partial charge in [-0.1, -0.05) is 79.3 Å². The zero-order valence-electron chi connectivity index (χ0n) is 21.0. The van der Waals surface area contributed by atoms with E-state index >= 15 is 0 Å². The zero-order valence-corrected chi connectivity index (χ0v) is 21.8. The van der Waals surface area contributed by atoms with Crippen molar-refractivity contribution in [1.29, 1.82) is 0 Å². The summed E-state index contributed by atoms with van der Waals surface area (Å²) >= 11 is 1.36. The van der Waals surface area contributed by atoms with Gasteiger partial charge in [-0.25, -0.2) is 9.07 Å². The molecule has 2 N–H and O–H groups in total. The fraction of sp³-hybridized carbons (Fsp3) is 0.207. The summed E-state index contributed by atoms with van der Waals surface area (Å²) in [6.45, 7) is 5.95. The Bertz CT molecular complexity index is 1480. The van der Waals surface area contributed by atoms with Gasteiger partial charge in [-0.15, -0.1) is 5.10 Å². The van der Waals surface area contributed by atoms with Crippen LogP contribution in [0.1, 0.15) is 42.1 Å². The van der Waals surface area contributed by atoms with Crippen LogP contribution in [0.2, 0.25) is 0 Å². The second-order valence-electron chi connectivity index (χ2n) is 8.97. The fourth-order valence-electron chi connectivity index (χ4n) is 4.39. The molecule has 3 aromatic carbocycles. The molecule has 0 saturated heterocycles. The highest BCUT2D eigenvalue weighted by atomic mass is 32.2. The van der Waals surface area contributed by atoms with Gasteiger partial charge in [0.05, 0.1) is 5.57 Å². The number of benzene rings is 3. The average Bonchev–Trinajstić information content (AvgIpc) is 3.31. The van der Waals surface area contributed by atoms with Gasteiger partial charge in [0.15, 0.2) is 0 Å². The molecule has 0 bridgehead atoms. The lowest BCUT2D eigenvalue weighted by molar-refractivity contribution is -0.113. The quantitative estimate of drug-likeness (QED) is 0.276. The van der Waals surface area contributed by atoms with Crippen molar-refractivity contribution in [2.75, 3.05) is 10.6 Å². The van der Waals surface area contributed by atoms with Crippen LogP contribution in [-0.2, 0) is 17.0 Å². The van der Waals surface area contributed by atoms with Crippen LogP contribution >= 0.6 is 11.8 Å². The number of rotatable bonds is 7. The number of aryl methyl sites for hydroxylation is 2. The molecular weight excluding hydrogens is 485 g/mol. The molecule has 37 heavy (non-hydrogen) atoms. The molecule has 0 radical (unpaired) electrons. The number of thioether (sulfide) groups is 1. The minimum Gasteiger partial charge on any atom is -0.328 e. The number of nitrogens with one attached hydrogen (secondary N) is 2. The lowest BCUT2D eigenvalue weighted by Gasteiger charge is -2.29. The Kier molecular flexibility index (Phi) is 7.10. The van der Waals surface area contributed by atoms with Crippen molar-refractivity contribution in [3.05, 3.63) is 112 Å². The molecule has 2 heterocycles. The summed E-state index contributed by atoms with van der Waals surface area (Å²) in [6, 6.07) is 22.2. The van der Waals surface area contributed by atoms with Gasteiger partial charge in [0, 0.05) is 17.1 Å². The van der Waals surface area contributed by atoms with Gasteiger partial charge >= 0.3 is 0 Å². The molecule has 1 atom stereocenters. The summed E-state index contributed by atoms with van der Waals surface area (Å²) < 4.78 is 15.9. The van der Waals surface area contributed by atoms with E-state index in [1.807, 2.05) is 56.3 Å². The number of carbonyl (C=O) groups is 1. The van der Waals surface area contributed by atoms with Crippen molar-refractivity contribution in [2.45, 2.75) is 44.1 Å². The number of hydrogen-bond acceptors (Lipinski definition) is 5. The first-order valence-electron chi connectivity index (χ1n) is 12.2. The predicted molar refractivity (Wildman–Crippen MR) is 146 cm³/mol. The maximum Gasteiger partial charge on any atom is 0.255 e. The van der Waals surface area contributed by atoms with E-state index in [9.17, 15) is 9.18 Å². The molecule has 4 aromatic rings. The van der Waals surface area contributed by atoms with E-state index in [0.29, 0.717) is 33.7 Å². The molecule has 0 spiro atoms. The Labute approximate surface area is 220 Å². The van der Waals surface area contributed by atoms with Crippen LogP contribution in [0.15, 0.2) is 89.2 Å². The molecule has 0 saturated carbocycles. The third kappa shape index (κ3) is 5.15. The standard InChI is InChI=1S/C29H28FN5OS/c1-4-20-13-15-21(16-14-20)26-25(27(36)32-24-12-8-5-9-18(24)2)19(3)31-28-33-29(34-35(26)28)37-17-22-10-6-7-11-23(22)30/h5-16,26H,4,17H2,1-3H3,(H,32,36)(H,31,33,34). The number of para-hydroxylation sites is 1. The Morgan fingerprint density at radius 1 is 1.05 bits per heavy atom. The normalized spacial score (nSPS) is 14.8. The first-order valence-corrected chi connectivity index (χ1v) is 13.2. The summed E-state index contributed by atoms with van der Waals surface area (Å²) in [7, 11) is 0. The summed E-state index contributed by atoms with van der Waals surface area (Å²) in [5, 5.41) is 11.6. The van der Waals surface area contributed by atoms with Gasteiger partial charge in [-0.05, 0) is 54.7 Å². The van der Waals surface area contributed by atoms with Crippen molar-refractivity contribution in [2.24, 2.45) is 0 Å². The molecule has 0 aliphatic carbocycles. The second-order valence-corrected chi connectivity index (χ2v) is 9.92. The minimum atomic E-state index is -0.471. The SMILES string of the molecule is CCc1ccc(C2C(C(=O)Nc3ccccc3C)=C(C)Nc3nc(SCc4ccccc4F)nn32)cc1. The van der Waals surface area contributed by atoms with E-state index in [4.69, 9.17) is 5.10 Å². The summed E-state index contributed by atoms with van der Waals surface area (Å²) in [6.07, 6.45) is 0.924. The highest BCUT2D eigenvalue weighted by molar-refractivity contribution is 7.98. The highest BCUT2D eigenvalue weighted by Crippen LogP contribution is 2.37. The fourth-order valence-corrected chi connectivity index (χ4v) is 5.21. The van der Waals surface area contributed by atoms with Crippen LogP contribution in [-0.4, -0.2) is 20.7 Å². The minimum absolute atomic E-state index is 0.203. The Hall–Kier alpha value is -3.91. The maximum absolute atomic E-state index is 14.1. The molecule has 6 nitrogen and oxygen atoms in total. The largest absolute Gasteiger partial charge is 0.328 e. The Balaban J connectivity index is 1.50. The number of fused-ring (bicyclic) bond motifs is 1. The zero-order chi connectivity index (χ0) is 25.9. The molecule has 1 aliphatic heterocycles. The van der Waals surface area contributed by atoms with Crippen LogP contribution in [0.3, 0.4) is 0 Å². The van der Waals surface area contributed by atoms with Gasteiger partial charge < -0.3 is 10.6 Å². The molecule has 1 unspecified atom stereocenters. The van der Waals surface area contributed by atoms with Crippen molar-refractivity contribution < 1.29 is 9.18 Å². The molecule has 1 amide bonds. The van der Waals surface area contributed by atoms with Crippen molar-refractivity contribution in [3.63, 3.8) is 0 Å². The van der Waals surface area contributed by atoms with Crippen molar-refractivity contribution >= 4 is 29.3 Å². The van der Waals surface area contributed by atoms with Crippen molar-refractivity contribution in [1.82, 2.24) is 14.8 Å². The molecular formula is C29H28FN5OS. The summed E-state index contributed by atoms with van der Waals surface area (Å²) in [5.41, 5.74) is 5.76. The van der Waals surface area contributed by atoms with E-state index in [1.54, 1.807) is 16.8 Å². The van der Waals surface area contributed by atoms with Gasteiger partial charge in [0.2, 0.25) is 11.1 Å². The van der Waals surface area contributed by atoms with Crippen LogP contribution in [0.25, 0.3) is 0 Å². The summed E-state index contributed by atoms with van der Waals surface area (Å²) in [4.78, 5) is 18.3. The monoisotopic (exact) mass is 513 g/mol. The first-order chi connectivity index (χ1) is 17.9. The third-order valence-electron chi connectivity index (χ3n) is 6.49. The summed E-state index contributed by atoms with van der Waals surface area (Å²) in [5.74, 6) is 0.494. The van der Waals surface area contributed by atoms with Crippen LogP contribution in [0, 0.1) is 12.7 Å². The number of nitrogens with zero attached hydrogens (tertiary/aromatic N) is 3. The number of hydrogen-bond donors (Lipinski definition) is 2. The van der Waals surface area contributed by atoms with Crippen LogP contribution in [0.5, 0.6) is 0 Å². The van der Waals surface area contributed by atoms with Crippen molar-refractivity contribution in [3.8, 4) is 0 Å². The number of halogens is 1. The highest BCUT2D eigenvalue weighted by Gasteiger charge is 2.34. The number of carbonyl (C=O) groups excluding carboxylic acids is 1. The Morgan fingerprint density at radius 2 is 1.78 bits per heavy atom. The number of anilines is 2. The number of aromatic nitrogens is 3. The van der Waals surface area contributed by atoms with E-state index in [-0.39, 0.29) is 11.7 Å². The molecule has 1 aromatic heterocycles. The van der Waals surface area contributed by atoms with Crippen LogP contribution in [0.4, 0.5) is 16.0 Å². The van der Waals surface area contributed by atoms with Crippen LogP contribution < -0.4 is 10.6 Å². The van der Waals surface area contributed by atoms with E-state index < -0.39 is 6.04 Å². The number of allylic oxidation sites excluding steroid dienone is 1. The topological polar surface area (TPSA) is 71.8 Å². The third-order valence-corrected chi connectivity index (χ3v) is 7.38. The van der Waals surface area contributed by atoms with Gasteiger partial charge in [-0.3, -0.25) is 4.79 Å². The lowest BCUT2D eigenvalue weighted by Crippen LogP contribution is -2.31. The average molecular weight is 514 g/mol. The lowest BCUT2D eigenvalue weighted by atomic mass is 9.94. The molecule has 0 fully saturated rings. The van der Waals surface area contributed by atoms with E-state index in [0.717, 1.165) is 23.2 Å². The maximum atomic E-state index is 14.1. The van der Waals surface area contributed by atoms with E-state index in [1.165, 1.54) is 23.4 Å². The van der Waals surface area contributed by atoms with E-state index in [2.05, 4.69) is 34.7 Å². The smallest absolute Gasteiger partial charge is 0.255 e. The van der Waals surface area contributed by atoms with Gasteiger partial charge in [0.1, 0.15) is 11.9 Å². The molecule has 5 rings (SSSR count). The molecule has 188 valence electrons. The van der Waals surface area contributed by atoms with Gasteiger partial charge in [0.25, 0.3) is 5.91 Å². The molecule has 8 heteroatoms. The van der Waals surface area contributed by atoms with Gasteiger partial charge in [-0.2, -0.15) is 4.98 Å². The number of amides is 1. The molecule has 1 aliphatic rings. The predicted octanol–water partition coefficient (Wildman–Crippen LogP) is 6.51. The first kappa shape index (κ1) is 24.8. The Morgan fingerprint density at radius 3 is 2.51 bits per heavy atom.